The van der Waals surface area contributed by atoms with Crippen molar-refractivity contribution >= 4 is 45.1 Å². The van der Waals surface area contributed by atoms with E-state index in [1.54, 1.807) is 18.2 Å². The monoisotopic (exact) mass is 421 g/mol. The van der Waals surface area contributed by atoms with Crippen LogP contribution in [0.2, 0.25) is 5.02 Å². The van der Waals surface area contributed by atoms with Crippen LogP contribution < -0.4 is 5.32 Å². The Morgan fingerprint density at radius 3 is 2.40 bits per heavy atom. The van der Waals surface area contributed by atoms with Crippen LogP contribution in [0, 0.1) is 0 Å². The summed E-state index contributed by atoms with van der Waals surface area (Å²) in [4.78, 5) is 24.7. The number of ether oxygens (including phenoxy) is 1. The van der Waals surface area contributed by atoms with E-state index in [9.17, 15) is 9.59 Å². The van der Waals surface area contributed by atoms with Crippen molar-refractivity contribution in [3.63, 3.8) is 0 Å². The first-order valence-corrected chi connectivity index (χ1v) is 9.16. The first-order chi connectivity index (χ1) is 12.0. The number of para-hydroxylation sites is 1. The van der Waals surface area contributed by atoms with Gasteiger partial charge in [-0.25, -0.2) is 0 Å². The van der Waals surface area contributed by atoms with E-state index in [0.29, 0.717) is 10.7 Å². The number of rotatable bonds is 5. The number of amides is 1. The van der Waals surface area contributed by atoms with Crippen LogP contribution in [0.4, 0.5) is 5.69 Å². The largest absolute Gasteiger partial charge is 0.455 e. The molecular weight excluding hydrogens is 406 g/mol. The van der Waals surface area contributed by atoms with Gasteiger partial charge in [0, 0.05) is 9.50 Å². The van der Waals surface area contributed by atoms with E-state index in [2.05, 4.69) is 21.2 Å². The van der Waals surface area contributed by atoms with E-state index < -0.39 is 5.41 Å². The van der Waals surface area contributed by atoms with Crippen LogP contribution in [0.3, 0.4) is 0 Å². The number of carbonyl (C=O) groups is 2. The second kappa shape index (κ2) is 7.58. The molecule has 2 aromatic rings. The molecule has 6 heteroatoms. The number of hydrogen-bond donors (Lipinski definition) is 1. The Morgan fingerprint density at radius 1 is 1.12 bits per heavy atom. The van der Waals surface area contributed by atoms with Crippen LogP contribution in [0.15, 0.2) is 53.0 Å². The van der Waals surface area contributed by atoms with Crippen LogP contribution in [-0.4, -0.2) is 18.5 Å². The van der Waals surface area contributed by atoms with Gasteiger partial charge in [-0.3, -0.25) is 9.59 Å². The number of halogens is 2. The van der Waals surface area contributed by atoms with Crippen molar-refractivity contribution in [3.8, 4) is 0 Å². The van der Waals surface area contributed by atoms with Gasteiger partial charge in [0.1, 0.15) is 0 Å². The number of hydrogen-bond acceptors (Lipinski definition) is 3. The van der Waals surface area contributed by atoms with Gasteiger partial charge in [0.2, 0.25) is 0 Å². The summed E-state index contributed by atoms with van der Waals surface area (Å²) in [5.74, 6) is -0.728. The molecule has 25 heavy (non-hydrogen) atoms. The molecule has 0 aromatic heterocycles. The molecule has 0 bridgehead atoms. The second-order valence-electron chi connectivity index (χ2n) is 6.05. The molecule has 1 aliphatic carbocycles. The van der Waals surface area contributed by atoms with Gasteiger partial charge in [-0.05, 0) is 58.6 Å². The Bertz CT molecular complexity index is 788. The van der Waals surface area contributed by atoms with Gasteiger partial charge >= 0.3 is 5.97 Å². The van der Waals surface area contributed by atoms with Crippen LogP contribution in [-0.2, 0) is 19.7 Å². The molecule has 1 amide bonds. The highest BCUT2D eigenvalue weighted by atomic mass is 79.9. The summed E-state index contributed by atoms with van der Waals surface area (Å²) >= 11 is 9.28. The standard InChI is InChI=1S/C19H17BrClNO3/c20-15-4-1-2-5-16(15)22-17(23)12-25-18(24)19(10-3-11-19)13-6-8-14(21)9-7-13/h1-2,4-9H,3,10-12H2,(H,22,23). The first kappa shape index (κ1) is 18.0. The van der Waals surface area contributed by atoms with Crippen LogP contribution in [0.25, 0.3) is 0 Å². The zero-order valence-electron chi connectivity index (χ0n) is 13.4. The third-order valence-electron chi connectivity index (χ3n) is 4.48. The van der Waals surface area contributed by atoms with Crippen molar-refractivity contribution in [1.29, 1.82) is 0 Å². The summed E-state index contributed by atoms with van der Waals surface area (Å²) in [6, 6.07) is 14.5. The average Bonchev–Trinajstić information content (AvgIpc) is 2.56. The smallest absolute Gasteiger partial charge is 0.317 e. The molecule has 1 saturated carbocycles. The molecule has 0 saturated heterocycles. The van der Waals surface area contributed by atoms with Crippen LogP contribution in [0.5, 0.6) is 0 Å². The van der Waals surface area contributed by atoms with E-state index in [4.69, 9.17) is 16.3 Å². The summed E-state index contributed by atoms with van der Waals surface area (Å²) in [6.07, 6.45) is 2.40. The maximum absolute atomic E-state index is 12.6. The van der Waals surface area contributed by atoms with Gasteiger partial charge < -0.3 is 10.1 Å². The Balaban J connectivity index is 1.62. The van der Waals surface area contributed by atoms with Gasteiger partial charge in [-0.1, -0.05) is 42.3 Å². The molecule has 0 heterocycles. The van der Waals surface area contributed by atoms with Crippen molar-refractivity contribution in [1.82, 2.24) is 0 Å². The van der Waals surface area contributed by atoms with Gasteiger partial charge in [-0.15, -0.1) is 0 Å². The summed E-state index contributed by atoms with van der Waals surface area (Å²) in [5, 5.41) is 3.34. The predicted molar refractivity (Wildman–Crippen MR) is 101 cm³/mol. The summed E-state index contributed by atoms with van der Waals surface area (Å²) in [5.41, 5.74) is 0.872. The molecule has 4 nitrogen and oxygen atoms in total. The van der Waals surface area contributed by atoms with Gasteiger partial charge in [0.25, 0.3) is 5.91 Å². The average molecular weight is 423 g/mol. The van der Waals surface area contributed by atoms with E-state index in [1.165, 1.54) is 0 Å². The highest BCUT2D eigenvalue weighted by Crippen LogP contribution is 2.45. The normalized spacial score (nSPS) is 15.1. The van der Waals surface area contributed by atoms with E-state index in [1.807, 2.05) is 30.3 Å². The lowest BCUT2D eigenvalue weighted by atomic mass is 9.64. The van der Waals surface area contributed by atoms with Gasteiger partial charge in [-0.2, -0.15) is 0 Å². The fraction of sp³-hybridized carbons (Fsp3) is 0.263. The fourth-order valence-corrected chi connectivity index (χ4v) is 3.44. The molecule has 0 atom stereocenters. The molecule has 0 unspecified atom stereocenters. The predicted octanol–water partition coefficient (Wildman–Crippen LogP) is 4.71. The number of carbonyl (C=O) groups excluding carboxylic acids is 2. The van der Waals surface area contributed by atoms with Crippen molar-refractivity contribution in [3.05, 3.63) is 63.6 Å². The first-order valence-electron chi connectivity index (χ1n) is 7.99. The molecule has 1 fully saturated rings. The second-order valence-corrected chi connectivity index (χ2v) is 7.34. The number of anilines is 1. The molecule has 3 rings (SSSR count). The zero-order valence-corrected chi connectivity index (χ0v) is 15.8. The molecule has 130 valence electrons. The van der Waals surface area contributed by atoms with Crippen molar-refractivity contribution in [2.24, 2.45) is 0 Å². The highest BCUT2D eigenvalue weighted by molar-refractivity contribution is 9.10. The topological polar surface area (TPSA) is 55.4 Å². The molecule has 1 N–H and O–H groups in total. The lowest BCUT2D eigenvalue weighted by Gasteiger charge is -2.39. The fourth-order valence-electron chi connectivity index (χ4n) is 2.93. The maximum Gasteiger partial charge on any atom is 0.317 e. The van der Waals surface area contributed by atoms with Crippen molar-refractivity contribution in [2.45, 2.75) is 24.7 Å². The van der Waals surface area contributed by atoms with E-state index in [-0.39, 0.29) is 18.5 Å². The highest BCUT2D eigenvalue weighted by Gasteiger charge is 2.47. The van der Waals surface area contributed by atoms with Crippen LogP contribution >= 0.6 is 27.5 Å². The minimum absolute atomic E-state index is 0.310. The minimum Gasteiger partial charge on any atom is -0.455 e. The summed E-state index contributed by atoms with van der Waals surface area (Å²) in [6.45, 7) is -0.310. The van der Waals surface area contributed by atoms with Crippen molar-refractivity contribution < 1.29 is 14.3 Å². The summed E-state index contributed by atoms with van der Waals surface area (Å²) in [7, 11) is 0. The third kappa shape index (κ3) is 3.88. The molecular formula is C19H17BrClNO3. The lowest BCUT2D eigenvalue weighted by molar-refractivity contribution is -0.156. The van der Waals surface area contributed by atoms with E-state index >= 15 is 0 Å². The maximum atomic E-state index is 12.6. The van der Waals surface area contributed by atoms with Gasteiger partial charge in [0.05, 0.1) is 11.1 Å². The number of nitrogens with one attached hydrogen (secondary N) is 1. The lowest BCUT2D eigenvalue weighted by Crippen LogP contribution is -2.44. The van der Waals surface area contributed by atoms with Gasteiger partial charge in [0.15, 0.2) is 6.61 Å². The minimum atomic E-state index is -0.655. The van der Waals surface area contributed by atoms with Crippen molar-refractivity contribution in [2.75, 3.05) is 11.9 Å². The Kier molecular flexibility index (Phi) is 5.45. The number of benzene rings is 2. The molecule has 2 aromatic carbocycles. The van der Waals surface area contributed by atoms with E-state index in [0.717, 1.165) is 29.3 Å². The van der Waals surface area contributed by atoms with Crippen LogP contribution in [0.1, 0.15) is 24.8 Å². The Labute approximate surface area is 159 Å². The SMILES string of the molecule is O=C(COC(=O)C1(c2ccc(Cl)cc2)CCC1)Nc1ccccc1Br. The molecule has 1 aliphatic rings. The molecule has 0 radical (unpaired) electrons. The number of esters is 1. The molecule has 0 spiro atoms. The molecule has 0 aliphatic heterocycles. The summed E-state index contributed by atoms with van der Waals surface area (Å²) < 4.78 is 6.08. The third-order valence-corrected chi connectivity index (χ3v) is 5.42. The Hall–Kier alpha value is -1.85. The Morgan fingerprint density at radius 2 is 1.80 bits per heavy atom. The zero-order chi connectivity index (χ0) is 17.9. The quantitative estimate of drug-likeness (QED) is 0.710.